The van der Waals surface area contributed by atoms with E-state index in [2.05, 4.69) is 30.6 Å². The molecule has 1 saturated heterocycles. The van der Waals surface area contributed by atoms with Crippen molar-refractivity contribution in [1.29, 1.82) is 0 Å². The van der Waals surface area contributed by atoms with E-state index < -0.39 is 34.6 Å². The summed E-state index contributed by atoms with van der Waals surface area (Å²) < 4.78 is 0. The number of hydrogen-bond acceptors (Lipinski definition) is 10. The minimum atomic E-state index is -1.35. The molecule has 3 fully saturated rings. The van der Waals surface area contributed by atoms with Crippen molar-refractivity contribution in [3.63, 3.8) is 0 Å². The van der Waals surface area contributed by atoms with Gasteiger partial charge in [0, 0.05) is 35.9 Å². The van der Waals surface area contributed by atoms with Crippen LogP contribution in [0.15, 0.2) is 24.8 Å². The lowest BCUT2D eigenvalue weighted by molar-refractivity contribution is -0.176. The summed E-state index contributed by atoms with van der Waals surface area (Å²) in [4.78, 5) is 46.1. The van der Waals surface area contributed by atoms with Crippen molar-refractivity contribution in [2.45, 2.75) is 102 Å². The van der Waals surface area contributed by atoms with E-state index in [4.69, 9.17) is 0 Å². The minimum absolute atomic E-state index is 0.252. The highest BCUT2D eigenvalue weighted by Gasteiger charge is 2.70. The van der Waals surface area contributed by atoms with Gasteiger partial charge in [-0.05, 0) is 67.2 Å². The summed E-state index contributed by atoms with van der Waals surface area (Å²) in [7, 11) is 0. The van der Waals surface area contributed by atoms with E-state index in [9.17, 15) is 19.8 Å². The Hall–Kier alpha value is -3.38. The van der Waals surface area contributed by atoms with E-state index in [0.29, 0.717) is 36.8 Å². The van der Waals surface area contributed by atoms with Gasteiger partial charge in [0.05, 0.1) is 23.2 Å². The maximum Gasteiger partial charge on any atom is 0.254 e. The monoisotopic (exact) mass is 524 g/mol. The average Bonchev–Trinajstić information content (AvgIpc) is 2.81. The first-order chi connectivity index (χ1) is 17.6. The molecule has 0 bridgehead atoms. The second-order valence-electron chi connectivity index (χ2n) is 12.6. The number of rotatable bonds is 4. The van der Waals surface area contributed by atoms with Crippen molar-refractivity contribution in [3.05, 3.63) is 35.9 Å². The Morgan fingerprint density at radius 3 is 1.29 bits per heavy atom. The van der Waals surface area contributed by atoms with Gasteiger partial charge in [-0.25, -0.2) is 19.9 Å². The molecule has 2 aromatic rings. The van der Waals surface area contributed by atoms with E-state index in [1.54, 1.807) is 9.80 Å². The lowest BCUT2D eigenvalue weighted by Gasteiger charge is -2.70. The second-order valence-corrected chi connectivity index (χ2v) is 12.6. The molecule has 0 spiro atoms. The normalized spacial score (nSPS) is 28.4. The molecule has 12 nitrogen and oxygen atoms in total. The summed E-state index contributed by atoms with van der Waals surface area (Å²) in [5, 5.41) is 29.4. The summed E-state index contributed by atoms with van der Waals surface area (Å²) in [5.41, 5.74) is -2.88. The Labute approximate surface area is 221 Å². The van der Waals surface area contributed by atoms with Crippen molar-refractivity contribution in [3.8, 4) is 0 Å². The number of carbonyl (C=O) groups excluding carboxylic acids is 2. The van der Waals surface area contributed by atoms with E-state index in [1.165, 1.54) is 24.8 Å². The van der Waals surface area contributed by atoms with E-state index in [1.807, 2.05) is 41.5 Å². The van der Waals surface area contributed by atoms with Crippen LogP contribution in [-0.4, -0.2) is 76.6 Å². The number of hydrogen-bond donors (Lipinski definition) is 4. The maximum atomic E-state index is 12.5. The summed E-state index contributed by atoms with van der Waals surface area (Å²) in [6.45, 7) is 11.3. The van der Waals surface area contributed by atoms with E-state index >= 15 is 0 Å². The third kappa shape index (κ3) is 4.35. The zero-order valence-electron chi connectivity index (χ0n) is 22.7. The lowest BCUT2D eigenvalue weighted by atomic mass is 9.67. The number of aromatic nitrogens is 4. The van der Waals surface area contributed by atoms with Gasteiger partial charge in [-0.2, -0.15) is 0 Å². The fourth-order valence-corrected chi connectivity index (χ4v) is 5.41. The van der Waals surface area contributed by atoms with Crippen LogP contribution >= 0.6 is 0 Å². The Bertz CT molecular complexity index is 1140. The van der Waals surface area contributed by atoms with Crippen molar-refractivity contribution >= 4 is 23.7 Å². The number of amides is 2. The predicted molar refractivity (Wildman–Crippen MR) is 139 cm³/mol. The molecule has 0 radical (unpaired) electrons. The van der Waals surface area contributed by atoms with Gasteiger partial charge in [0.15, 0.2) is 11.4 Å². The van der Waals surface area contributed by atoms with Gasteiger partial charge >= 0.3 is 0 Å². The molecule has 1 aliphatic heterocycles. The molecule has 2 saturated carbocycles. The average molecular weight is 525 g/mol. The zero-order valence-corrected chi connectivity index (χ0v) is 22.7. The van der Waals surface area contributed by atoms with Crippen LogP contribution in [0.3, 0.4) is 0 Å². The highest BCUT2D eigenvalue weighted by atomic mass is 16.3. The van der Waals surface area contributed by atoms with Gasteiger partial charge in [-0.15, -0.1) is 0 Å². The van der Waals surface area contributed by atoms with E-state index in [0.717, 1.165) is 0 Å². The van der Waals surface area contributed by atoms with Gasteiger partial charge < -0.3 is 30.6 Å². The number of anilines is 2. The van der Waals surface area contributed by atoms with Gasteiger partial charge in [-0.3, -0.25) is 9.59 Å². The standard InChI is InChI=1S/C26H36N8O4/c1-23(2,3)31-19(35)15-11-27-21(28-12-15)33-17-7-10-26(17,38)34(18-8-9-25(18,33)37)22-29-13-16(14-30-22)20(36)32-24(4,5)6/h11-14,17-18,37-38H,7-10H2,1-6H3,(H,31,35)(H,32,36). The van der Waals surface area contributed by atoms with Crippen molar-refractivity contribution in [1.82, 2.24) is 30.6 Å². The van der Waals surface area contributed by atoms with Crippen LogP contribution in [0.5, 0.6) is 0 Å². The van der Waals surface area contributed by atoms with Crippen molar-refractivity contribution < 1.29 is 19.8 Å². The quantitative estimate of drug-likeness (QED) is 0.460. The Balaban J connectivity index is 1.41. The third-order valence-electron chi connectivity index (χ3n) is 7.31. The molecule has 3 aliphatic rings. The molecular formula is C26H36N8O4. The molecule has 2 aliphatic carbocycles. The smallest absolute Gasteiger partial charge is 0.254 e. The van der Waals surface area contributed by atoms with Crippen LogP contribution in [0, 0.1) is 0 Å². The third-order valence-corrected chi connectivity index (χ3v) is 7.31. The molecule has 204 valence electrons. The number of carbonyl (C=O) groups is 2. The van der Waals surface area contributed by atoms with Crippen LogP contribution in [0.4, 0.5) is 11.9 Å². The van der Waals surface area contributed by atoms with Crippen LogP contribution < -0.4 is 20.4 Å². The lowest BCUT2D eigenvalue weighted by Crippen LogP contribution is -2.87. The van der Waals surface area contributed by atoms with Gasteiger partial charge in [0.25, 0.3) is 11.8 Å². The molecule has 4 atom stereocenters. The van der Waals surface area contributed by atoms with Gasteiger partial charge in [-0.1, -0.05) is 0 Å². The second kappa shape index (κ2) is 8.57. The minimum Gasteiger partial charge on any atom is -0.369 e. The first-order valence-corrected chi connectivity index (χ1v) is 12.9. The molecule has 2 amide bonds. The molecule has 38 heavy (non-hydrogen) atoms. The maximum absolute atomic E-state index is 12.5. The van der Waals surface area contributed by atoms with Crippen molar-refractivity contribution in [2.24, 2.45) is 0 Å². The zero-order chi connectivity index (χ0) is 27.7. The SMILES string of the molecule is CC(C)(C)NC(=O)c1cnc(N2C3CCC3(O)N(c3ncc(C(=O)NC(C)(C)C)cn3)C3CCC32O)nc1. The molecule has 0 aromatic carbocycles. The molecular weight excluding hydrogens is 488 g/mol. The molecule has 4 N–H and O–H groups in total. The molecule has 3 heterocycles. The van der Waals surface area contributed by atoms with Crippen LogP contribution in [0.2, 0.25) is 0 Å². The molecule has 12 heteroatoms. The largest absolute Gasteiger partial charge is 0.369 e. The summed E-state index contributed by atoms with van der Waals surface area (Å²) in [6, 6.07) is -1.02. The van der Waals surface area contributed by atoms with Gasteiger partial charge in [0.1, 0.15) is 0 Å². The first-order valence-electron chi connectivity index (χ1n) is 12.9. The summed E-state index contributed by atoms with van der Waals surface area (Å²) in [5.74, 6) is -0.0677. The Morgan fingerprint density at radius 1 is 0.737 bits per heavy atom. The molecule has 5 rings (SSSR count). The number of nitrogens with one attached hydrogen (secondary N) is 2. The topological polar surface area (TPSA) is 157 Å². The number of fused-ring (bicyclic) bond motifs is 2. The highest BCUT2D eigenvalue weighted by molar-refractivity contribution is 5.94. The molecule has 4 unspecified atom stereocenters. The Morgan fingerprint density at radius 2 is 1.05 bits per heavy atom. The number of piperazine rings is 1. The summed E-state index contributed by atoms with van der Waals surface area (Å²) in [6.07, 6.45) is 7.85. The van der Waals surface area contributed by atoms with Crippen molar-refractivity contribution in [2.75, 3.05) is 9.80 Å². The highest BCUT2D eigenvalue weighted by Crippen LogP contribution is 2.56. The van der Waals surface area contributed by atoms with Crippen LogP contribution in [0.1, 0.15) is 87.9 Å². The summed E-state index contributed by atoms with van der Waals surface area (Å²) >= 11 is 0. The van der Waals surface area contributed by atoms with E-state index in [-0.39, 0.29) is 23.7 Å². The first kappa shape index (κ1) is 26.2. The van der Waals surface area contributed by atoms with Crippen LogP contribution in [0.25, 0.3) is 0 Å². The number of nitrogens with zero attached hydrogens (tertiary/aromatic N) is 6. The fourth-order valence-electron chi connectivity index (χ4n) is 5.41. The number of aliphatic hydroxyl groups is 2. The molecule has 2 aromatic heterocycles. The van der Waals surface area contributed by atoms with Crippen LogP contribution in [-0.2, 0) is 0 Å². The predicted octanol–water partition coefficient (Wildman–Crippen LogP) is 1.35. The Kier molecular flexibility index (Phi) is 5.91. The fraction of sp³-hybridized carbons (Fsp3) is 0.615. The van der Waals surface area contributed by atoms with Gasteiger partial charge in [0.2, 0.25) is 11.9 Å².